The molecule has 1 aromatic rings. The van der Waals surface area contributed by atoms with Gasteiger partial charge < -0.3 is 14.7 Å². The van der Waals surface area contributed by atoms with Gasteiger partial charge >= 0.3 is 0 Å². The third-order valence-electron chi connectivity index (χ3n) is 3.87. The van der Waals surface area contributed by atoms with Gasteiger partial charge in [0.1, 0.15) is 12.4 Å². The molecule has 4 heteroatoms. The zero-order valence-corrected chi connectivity index (χ0v) is 13.6. The number of aliphatic hydroxyl groups is 1. The van der Waals surface area contributed by atoms with E-state index in [0.29, 0.717) is 5.92 Å². The van der Waals surface area contributed by atoms with Crippen molar-refractivity contribution >= 4 is 5.91 Å². The second-order valence-electron chi connectivity index (χ2n) is 5.04. The first kappa shape index (κ1) is 17.5. The summed E-state index contributed by atoms with van der Waals surface area (Å²) in [5.74, 6) is 1.24. The molecule has 2 rings (SSSR count). The van der Waals surface area contributed by atoms with E-state index in [9.17, 15) is 4.79 Å². The number of ether oxygens (including phenoxy) is 1. The van der Waals surface area contributed by atoms with E-state index in [1.54, 1.807) is 12.0 Å². The molecule has 0 unspecified atom stereocenters. The smallest absolute Gasteiger partial charge is 0.248 e. The standard InChI is InChI=1S/C15H21NO3.C2H6/c1-11-9-13(3-4-14(11)19-2)12-5-7-16(8-6-12)15(18)10-17;1-2/h3-4,9,12,17H,5-8,10H2,1-2H3;1-2H3. The van der Waals surface area contributed by atoms with Gasteiger partial charge in [0.15, 0.2) is 0 Å². The van der Waals surface area contributed by atoms with Crippen LogP contribution in [-0.4, -0.2) is 42.7 Å². The number of nitrogens with zero attached hydrogens (tertiary/aromatic N) is 1. The Morgan fingerprint density at radius 1 is 1.33 bits per heavy atom. The van der Waals surface area contributed by atoms with Crippen LogP contribution in [0.1, 0.15) is 43.7 Å². The van der Waals surface area contributed by atoms with Gasteiger partial charge in [0, 0.05) is 13.1 Å². The normalized spacial score (nSPS) is 15.2. The highest BCUT2D eigenvalue weighted by molar-refractivity contribution is 5.77. The van der Waals surface area contributed by atoms with Crippen LogP contribution >= 0.6 is 0 Å². The quantitative estimate of drug-likeness (QED) is 0.932. The summed E-state index contributed by atoms with van der Waals surface area (Å²) >= 11 is 0. The van der Waals surface area contributed by atoms with E-state index in [4.69, 9.17) is 9.84 Å². The highest BCUT2D eigenvalue weighted by Gasteiger charge is 2.23. The molecule has 0 saturated carbocycles. The Bertz CT molecular complexity index is 451. The summed E-state index contributed by atoms with van der Waals surface area (Å²) in [5.41, 5.74) is 2.46. The van der Waals surface area contributed by atoms with E-state index in [2.05, 4.69) is 12.1 Å². The first-order valence-electron chi connectivity index (χ1n) is 7.69. The number of benzene rings is 1. The Morgan fingerprint density at radius 3 is 2.43 bits per heavy atom. The molecule has 1 saturated heterocycles. The van der Waals surface area contributed by atoms with Crippen LogP contribution in [0.3, 0.4) is 0 Å². The molecule has 1 aliphatic rings. The van der Waals surface area contributed by atoms with E-state index in [1.807, 2.05) is 26.8 Å². The van der Waals surface area contributed by atoms with Crippen LogP contribution in [0.15, 0.2) is 18.2 Å². The van der Waals surface area contributed by atoms with Crippen molar-refractivity contribution in [1.29, 1.82) is 0 Å². The predicted octanol–water partition coefficient (Wildman–Crippen LogP) is 2.73. The molecule has 1 amide bonds. The molecule has 0 spiro atoms. The fourth-order valence-electron chi connectivity index (χ4n) is 2.72. The number of rotatable bonds is 3. The average molecular weight is 293 g/mol. The van der Waals surface area contributed by atoms with E-state index in [0.717, 1.165) is 37.2 Å². The summed E-state index contributed by atoms with van der Waals surface area (Å²) in [6, 6.07) is 6.29. The Labute approximate surface area is 127 Å². The Morgan fingerprint density at radius 2 is 1.95 bits per heavy atom. The number of aliphatic hydroxyl groups excluding tert-OH is 1. The second kappa shape index (κ2) is 8.67. The van der Waals surface area contributed by atoms with Crippen LogP contribution in [0.2, 0.25) is 0 Å². The lowest BCUT2D eigenvalue weighted by Crippen LogP contribution is -2.39. The van der Waals surface area contributed by atoms with Gasteiger partial charge in [-0.15, -0.1) is 0 Å². The van der Waals surface area contributed by atoms with Crippen molar-refractivity contribution < 1.29 is 14.6 Å². The van der Waals surface area contributed by atoms with Gasteiger partial charge in [-0.25, -0.2) is 0 Å². The van der Waals surface area contributed by atoms with Crippen molar-refractivity contribution in [2.24, 2.45) is 0 Å². The lowest BCUT2D eigenvalue weighted by atomic mass is 9.88. The largest absolute Gasteiger partial charge is 0.496 e. The Kier molecular flexibility index (Phi) is 7.23. The molecule has 0 atom stereocenters. The highest BCUT2D eigenvalue weighted by Crippen LogP contribution is 2.30. The number of aryl methyl sites for hydroxylation is 1. The average Bonchev–Trinajstić information content (AvgIpc) is 2.56. The summed E-state index contributed by atoms with van der Waals surface area (Å²) in [7, 11) is 1.68. The maximum atomic E-state index is 11.4. The van der Waals surface area contributed by atoms with Crippen LogP contribution in [0.5, 0.6) is 5.75 Å². The number of piperidine rings is 1. The maximum absolute atomic E-state index is 11.4. The molecule has 1 aromatic carbocycles. The minimum atomic E-state index is -0.383. The molecule has 118 valence electrons. The Hall–Kier alpha value is -1.55. The zero-order valence-electron chi connectivity index (χ0n) is 13.6. The molecule has 0 bridgehead atoms. The Balaban J connectivity index is 0.00000106. The first-order chi connectivity index (χ1) is 10.2. The van der Waals surface area contributed by atoms with Gasteiger partial charge in [-0.1, -0.05) is 26.0 Å². The van der Waals surface area contributed by atoms with Crippen LogP contribution in [0.25, 0.3) is 0 Å². The fourth-order valence-corrected chi connectivity index (χ4v) is 2.72. The van der Waals surface area contributed by atoms with Crippen LogP contribution in [-0.2, 0) is 4.79 Å². The number of amides is 1. The van der Waals surface area contributed by atoms with Gasteiger partial charge in [-0.2, -0.15) is 0 Å². The van der Waals surface area contributed by atoms with Crippen LogP contribution < -0.4 is 4.74 Å². The summed E-state index contributed by atoms with van der Waals surface area (Å²) in [6.07, 6.45) is 1.91. The summed E-state index contributed by atoms with van der Waals surface area (Å²) in [4.78, 5) is 13.1. The molecular weight excluding hydrogens is 266 g/mol. The van der Waals surface area contributed by atoms with Gasteiger partial charge in [-0.3, -0.25) is 4.79 Å². The zero-order chi connectivity index (χ0) is 15.8. The van der Waals surface area contributed by atoms with Gasteiger partial charge in [0.25, 0.3) is 0 Å². The van der Waals surface area contributed by atoms with E-state index in [-0.39, 0.29) is 12.5 Å². The van der Waals surface area contributed by atoms with Gasteiger partial charge in [0.2, 0.25) is 5.91 Å². The molecule has 1 N–H and O–H groups in total. The van der Waals surface area contributed by atoms with Crippen molar-refractivity contribution in [3.05, 3.63) is 29.3 Å². The molecule has 0 aromatic heterocycles. The van der Waals surface area contributed by atoms with Crippen molar-refractivity contribution in [2.45, 2.75) is 39.5 Å². The summed E-state index contributed by atoms with van der Waals surface area (Å²) < 4.78 is 5.27. The third-order valence-corrected chi connectivity index (χ3v) is 3.87. The van der Waals surface area contributed by atoms with E-state index < -0.39 is 0 Å². The maximum Gasteiger partial charge on any atom is 0.248 e. The molecule has 0 aliphatic carbocycles. The monoisotopic (exact) mass is 293 g/mol. The van der Waals surface area contributed by atoms with Crippen LogP contribution in [0.4, 0.5) is 0 Å². The summed E-state index contributed by atoms with van der Waals surface area (Å²) in [5, 5.41) is 8.86. The lowest BCUT2D eigenvalue weighted by Gasteiger charge is -2.32. The minimum absolute atomic E-state index is 0.163. The molecular formula is C17H27NO3. The number of methoxy groups -OCH3 is 1. The number of carbonyl (C=O) groups excluding carboxylic acids is 1. The SMILES string of the molecule is CC.COc1ccc(C2CCN(C(=O)CO)CC2)cc1C. The highest BCUT2D eigenvalue weighted by atomic mass is 16.5. The number of likely N-dealkylation sites (tertiary alicyclic amines) is 1. The minimum Gasteiger partial charge on any atom is -0.496 e. The second-order valence-corrected chi connectivity index (χ2v) is 5.04. The lowest BCUT2D eigenvalue weighted by molar-refractivity contribution is -0.135. The number of hydrogen-bond donors (Lipinski definition) is 1. The third kappa shape index (κ3) is 4.46. The summed E-state index contributed by atoms with van der Waals surface area (Å²) in [6.45, 7) is 7.13. The van der Waals surface area contributed by atoms with Crippen molar-refractivity contribution in [1.82, 2.24) is 4.90 Å². The van der Waals surface area contributed by atoms with Crippen molar-refractivity contribution in [3.8, 4) is 5.75 Å². The van der Waals surface area contributed by atoms with Crippen LogP contribution in [0, 0.1) is 6.92 Å². The topological polar surface area (TPSA) is 49.8 Å². The molecule has 0 radical (unpaired) electrons. The van der Waals surface area contributed by atoms with E-state index >= 15 is 0 Å². The molecule has 4 nitrogen and oxygen atoms in total. The number of hydrogen-bond acceptors (Lipinski definition) is 3. The first-order valence-corrected chi connectivity index (χ1v) is 7.69. The fraction of sp³-hybridized carbons (Fsp3) is 0.588. The van der Waals surface area contributed by atoms with Crippen molar-refractivity contribution in [3.63, 3.8) is 0 Å². The van der Waals surface area contributed by atoms with Gasteiger partial charge in [-0.05, 0) is 42.9 Å². The molecule has 1 heterocycles. The molecule has 1 aliphatic heterocycles. The predicted molar refractivity (Wildman–Crippen MR) is 84.7 cm³/mol. The number of carbonyl (C=O) groups is 1. The molecule has 21 heavy (non-hydrogen) atoms. The molecule has 1 fully saturated rings. The van der Waals surface area contributed by atoms with Crippen molar-refractivity contribution in [2.75, 3.05) is 26.8 Å². The van der Waals surface area contributed by atoms with E-state index in [1.165, 1.54) is 5.56 Å². The van der Waals surface area contributed by atoms with Gasteiger partial charge in [0.05, 0.1) is 7.11 Å².